The number of rotatable bonds is 1. The largest absolute Gasteiger partial charge is 0.443 e. The van der Waals surface area contributed by atoms with Crippen LogP contribution in [0.15, 0.2) is 36.5 Å². The molecule has 0 fully saturated rings. The summed E-state index contributed by atoms with van der Waals surface area (Å²) in [7, 11) is 0. The van der Waals surface area contributed by atoms with Crippen LogP contribution in [0.5, 0.6) is 0 Å². The van der Waals surface area contributed by atoms with E-state index in [1.165, 1.54) is 4.57 Å². The van der Waals surface area contributed by atoms with Crippen molar-refractivity contribution in [2.24, 2.45) is 0 Å². The van der Waals surface area contributed by atoms with E-state index < -0.39 is 23.4 Å². The fraction of sp³-hybridized carbons (Fsp3) is 0.368. The Morgan fingerprint density at radius 3 is 2.64 bits per heavy atom. The number of fused-ring (bicyclic) bond motifs is 1. The summed E-state index contributed by atoms with van der Waals surface area (Å²) >= 11 is 0. The lowest BCUT2D eigenvalue weighted by atomic mass is 9.92. The van der Waals surface area contributed by atoms with E-state index in [9.17, 15) is 9.59 Å². The van der Waals surface area contributed by atoms with Crippen molar-refractivity contribution in [1.82, 2.24) is 4.57 Å². The van der Waals surface area contributed by atoms with E-state index in [4.69, 9.17) is 9.47 Å². The van der Waals surface area contributed by atoms with Crippen molar-refractivity contribution in [3.63, 3.8) is 0 Å². The van der Waals surface area contributed by atoms with Gasteiger partial charge >= 0.3 is 12.2 Å². The van der Waals surface area contributed by atoms with Crippen LogP contribution in [0.25, 0.3) is 11.3 Å². The molecule has 1 aliphatic heterocycles. The van der Waals surface area contributed by atoms with Crippen LogP contribution in [-0.2, 0) is 15.1 Å². The third-order valence-corrected chi connectivity index (χ3v) is 3.89. The minimum absolute atomic E-state index is 0.436. The fourth-order valence-electron chi connectivity index (χ4n) is 2.82. The number of amides is 1. The first-order valence-corrected chi connectivity index (χ1v) is 8.12. The van der Waals surface area contributed by atoms with Crippen molar-refractivity contribution in [2.45, 2.75) is 45.8 Å². The number of carbonyl (C=O) groups is 2. The number of aromatic nitrogens is 1. The Balaban J connectivity index is 2.01. The Labute approximate surface area is 146 Å². The lowest BCUT2D eigenvalue weighted by Gasteiger charge is -2.32. The zero-order valence-corrected chi connectivity index (χ0v) is 15.0. The number of anilines is 1. The molecule has 0 saturated heterocycles. The first-order chi connectivity index (χ1) is 11.6. The van der Waals surface area contributed by atoms with E-state index >= 15 is 0 Å². The standard InChI is InChI=1S/C19H22N2O4/c1-18(2,3)25-17(23)21-10-6-7-15(21)12-8-9-14-13(11-12)19(4,5)24-16(22)20-14/h6-11H,1-5H3,(H,20,22). The molecule has 0 bridgehead atoms. The third kappa shape index (κ3) is 3.38. The Kier molecular flexibility index (Phi) is 3.86. The maximum absolute atomic E-state index is 12.4. The van der Waals surface area contributed by atoms with E-state index in [1.54, 1.807) is 12.3 Å². The first kappa shape index (κ1) is 17.1. The molecule has 0 saturated carbocycles. The molecule has 1 N–H and O–H groups in total. The monoisotopic (exact) mass is 342 g/mol. The van der Waals surface area contributed by atoms with Gasteiger partial charge in [0.2, 0.25) is 0 Å². The van der Waals surface area contributed by atoms with Crippen LogP contribution in [0.4, 0.5) is 15.3 Å². The minimum Gasteiger partial charge on any atom is -0.443 e. The third-order valence-electron chi connectivity index (χ3n) is 3.89. The zero-order valence-electron chi connectivity index (χ0n) is 15.0. The van der Waals surface area contributed by atoms with Crippen LogP contribution >= 0.6 is 0 Å². The molecule has 6 nitrogen and oxygen atoms in total. The molecule has 0 radical (unpaired) electrons. The van der Waals surface area contributed by atoms with Crippen molar-refractivity contribution in [1.29, 1.82) is 0 Å². The van der Waals surface area contributed by atoms with E-state index in [0.29, 0.717) is 11.4 Å². The topological polar surface area (TPSA) is 69.6 Å². The van der Waals surface area contributed by atoms with Crippen molar-refractivity contribution in [3.8, 4) is 11.3 Å². The molecule has 132 valence electrons. The number of carbonyl (C=O) groups excluding carboxylic acids is 2. The summed E-state index contributed by atoms with van der Waals surface area (Å²) in [6.07, 6.45) is 0.767. The molecule has 1 aliphatic rings. The second-order valence-corrected chi connectivity index (χ2v) is 7.53. The van der Waals surface area contributed by atoms with E-state index in [0.717, 1.165) is 11.1 Å². The molecule has 3 rings (SSSR count). The zero-order chi connectivity index (χ0) is 18.4. The summed E-state index contributed by atoms with van der Waals surface area (Å²) < 4.78 is 12.3. The lowest BCUT2D eigenvalue weighted by molar-refractivity contribution is 0.0420. The van der Waals surface area contributed by atoms with Gasteiger partial charge in [-0.25, -0.2) is 9.59 Å². The molecule has 1 aromatic carbocycles. The fourth-order valence-corrected chi connectivity index (χ4v) is 2.82. The Bertz CT molecular complexity index is 843. The summed E-state index contributed by atoms with van der Waals surface area (Å²) in [5, 5.41) is 2.70. The second kappa shape index (κ2) is 5.65. The summed E-state index contributed by atoms with van der Waals surface area (Å²) in [4.78, 5) is 24.1. The number of cyclic esters (lactones) is 1. The second-order valence-electron chi connectivity index (χ2n) is 7.53. The SMILES string of the molecule is CC(C)(C)OC(=O)n1cccc1-c1ccc2c(c1)C(C)(C)OC(=O)N2. The van der Waals surface area contributed by atoms with Crippen LogP contribution in [0, 0.1) is 0 Å². The van der Waals surface area contributed by atoms with Gasteiger partial charge in [0.05, 0.1) is 11.4 Å². The highest BCUT2D eigenvalue weighted by Gasteiger charge is 2.33. The summed E-state index contributed by atoms with van der Waals surface area (Å²) in [6, 6.07) is 9.24. The molecule has 0 atom stereocenters. The molecule has 1 amide bonds. The van der Waals surface area contributed by atoms with Crippen LogP contribution in [-0.4, -0.2) is 22.4 Å². The Hall–Kier alpha value is -2.76. The van der Waals surface area contributed by atoms with Gasteiger partial charge < -0.3 is 9.47 Å². The number of nitrogens with zero attached hydrogens (tertiary/aromatic N) is 1. The maximum Gasteiger partial charge on any atom is 0.418 e. The summed E-state index contributed by atoms with van der Waals surface area (Å²) in [5.41, 5.74) is 1.78. The van der Waals surface area contributed by atoms with Crippen LogP contribution in [0.1, 0.15) is 40.2 Å². The van der Waals surface area contributed by atoms with Gasteiger partial charge in [0, 0.05) is 11.8 Å². The lowest BCUT2D eigenvalue weighted by Crippen LogP contribution is -2.34. The van der Waals surface area contributed by atoms with E-state index in [2.05, 4.69) is 5.32 Å². The molecule has 0 aliphatic carbocycles. The summed E-state index contributed by atoms with van der Waals surface area (Å²) in [6.45, 7) is 9.16. The number of benzene rings is 1. The highest BCUT2D eigenvalue weighted by Crippen LogP contribution is 2.38. The molecule has 0 unspecified atom stereocenters. The van der Waals surface area contributed by atoms with Crippen molar-refractivity contribution in [2.75, 3.05) is 5.32 Å². The highest BCUT2D eigenvalue weighted by molar-refractivity contribution is 5.90. The molecule has 0 spiro atoms. The Morgan fingerprint density at radius 2 is 1.96 bits per heavy atom. The van der Waals surface area contributed by atoms with E-state index in [1.807, 2.05) is 58.9 Å². The predicted octanol–water partition coefficient (Wildman–Crippen LogP) is 4.74. The average Bonchev–Trinajstić information content (AvgIpc) is 2.93. The number of hydrogen-bond donors (Lipinski definition) is 1. The maximum atomic E-state index is 12.4. The molecule has 2 heterocycles. The van der Waals surface area contributed by atoms with Gasteiger partial charge in [-0.2, -0.15) is 0 Å². The minimum atomic E-state index is -0.753. The summed E-state index contributed by atoms with van der Waals surface area (Å²) in [5.74, 6) is 0. The van der Waals surface area contributed by atoms with E-state index in [-0.39, 0.29) is 0 Å². The van der Waals surface area contributed by atoms with Gasteiger partial charge in [0.25, 0.3) is 0 Å². The van der Waals surface area contributed by atoms with Crippen molar-refractivity contribution in [3.05, 3.63) is 42.1 Å². The van der Waals surface area contributed by atoms with Gasteiger partial charge in [0.1, 0.15) is 11.2 Å². The van der Waals surface area contributed by atoms with Gasteiger partial charge in [0.15, 0.2) is 0 Å². The van der Waals surface area contributed by atoms with Crippen LogP contribution < -0.4 is 5.32 Å². The smallest absolute Gasteiger partial charge is 0.418 e. The molecule has 25 heavy (non-hydrogen) atoms. The van der Waals surface area contributed by atoms with Crippen molar-refractivity contribution < 1.29 is 19.1 Å². The average molecular weight is 342 g/mol. The quantitative estimate of drug-likeness (QED) is 0.813. The molecule has 1 aromatic heterocycles. The first-order valence-electron chi connectivity index (χ1n) is 8.12. The van der Waals surface area contributed by atoms with Gasteiger partial charge in [-0.3, -0.25) is 9.88 Å². The number of ether oxygens (including phenoxy) is 2. The Morgan fingerprint density at radius 1 is 1.24 bits per heavy atom. The molecule has 2 aromatic rings. The number of hydrogen-bond acceptors (Lipinski definition) is 4. The predicted molar refractivity (Wildman–Crippen MR) is 94.6 cm³/mol. The highest BCUT2D eigenvalue weighted by atomic mass is 16.6. The molecular weight excluding hydrogens is 320 g/mol. The van der Waals surface area contributed by atoms with Crippen LogP contribution in [0.2, 0.25) is 0 Å². The molecular formula is C19H22N2O4. The van der Waals surface area contributed by atoms with Crippen LogP contribution in [0.3, 0.4) is 0 Å². The van der Waals surface area contributed by atoms with Gasteiger partial charge in [-0.15, -0.1) is 0 Å². The number of nitrogens with one attached hydrogen (secondary N) is 1. The van der Waals surface area contributed by atoms with Gasteiger partial charge in [-0.1, -0.05) is 6.07 Å². The van der Waals surface area contributed by atoms with Crippen molar-refractivity contribution >= 4 is 17.9 Å². The molecule has 6 heteroatoms. The normalized spacial score (nSPS) is 15.8. The van der Waals surface area contributed by atoms with Gasteiger partial charge in [-0.05, 0) is 64.4 Å².